The Kier molecular flexibility index (Phi) is 23.0. The fourth-order valence-corrected chi connectivity index (χ4v) is 2.96. The van der Waals surface area contributed by atoms with E-state index in [0.29, 0.717) is 11.4 Å². The number of H-pyrrole nitrogens is 1. The Morgan fingerprint density at radius 2 is 1.09 bits per heavy atom. The van der Waals surface area contributed by atoms with Crippen LogP contribution in [0.1, 0.15) is 22.9 Å². The van der Waals surface area contributed by atoms with Crippen molar-refractivity contribution < 1.29 is 67.6 Å². The molecule has 0 atom stereocenters. The third kappa shape index (κ3) is 18.4. The fourth-order valence-electron chi connectivity index (χ4n) is 2.96. The van der Waals surface area contributed by atoms with Crippen LogP contribution >= 0.6 is 0 Å². The van der Waals surface area contributed by atoms with Gasteiger partial charge in [-0.05, 0) is 38.1 Å². The van der Waals surface area contributed by atoms with Crippen molar-refractivity contribution in [2.24, 2.45) is 0 Å². The third-order valence-corrected chi connectivity index (χ3v) is 4.92. The van der Waals surface area contributed by atoms with Gasteiger partial charge in [-0.1, -0.05) is 83.9 Å². The predicted octanol–water partition coefficient (Wildman–Crippen LogP) is 1.14. The van der Waals surface area contributed by atoms with Crippen molar-refractivity contribution in [1.82, 2.24) is 9.97 Å². The number of aldehydes is 1. The SMILES string of the molecule is Cc1ccc(-c2nc3ccccc3[nH]2)cc1.Cc1ccc(C=O)cc1.Nc1ccccc1N.O=C=O.O=C=O.O=S(=O)=O.[H-].[Na+]. The second kappa shape index (κ2) is 24.6. The first-order chi connectivity index (χ1) is 20.5. The Balaban J connectivity index is -0.000000527. The second-order valence-electron chi connectivity index (χ2n) is 8.00. The van der Waals surface area contributed by atoms with Gasteiger partial charge in [-0.25, -0.2) is 4.98 Å². The number of nitrogen functional groups attached to an aromatic ring is 2. The van der Waals surface area contributed by atoms with Crippen molar-refractivity contribution in [2.75, 3.05) is 11.5 Å². The molecule has 1 heterocycles. The Morgan fingerprint density at radius 3 is 1.48 bits per heavy atom. The third-order valence-electron chi connectivity index (χ3n) is 4.92. The number of rotatable bonds is 2. The van der Waals surface area contributed by atoms with E-state index in [1.165, 1.54) is 11.1 Å². The van der Waals surface area contributed by atoms with Crippen LogP contribution in [0.25, 0.3) is 22.4 Å². The number of anilines is 2. The molecule has 5 rings (SSSR count). The topological polar surface area (TPSA) is 217 Å². The molecule has 0 amide bonds. The molecular formula is C30H29N4NaO8S. The number of carbonyl (C=O) groups excluding carboxylic acids is 5. The molecule has 0 aliphatic rings. The van der Waals surface area contributed by atoms with Crippen molar-refractivity contribution in [3.63, 3.8) is 0 Å². The summed E-state index contributed by atoms with van der Waals surface area (Å²) in [6.07, 6.45) is 1.35. The smallest absolute Gasteiger partial charge is 1.00 e. The molecule has 1 aromatic heterocycles. The molecule has 0 fully saturated rings. The molecule has 0 bridgehead atoms. The number of hydrogen-bond donors (Lipinski definition) is 3. The van der Waals surface area contributed by atoms with Crippen LogP contribution in [-0.2, 0) is 29.8 Å². The first-order valence-corrected chi connectivity index (χ1v) is 12.9. The van der Waals surface area contributed by atoms with Gasteiger partial charge in [0.1, 0.15) is 12.1 Å². The summed E-state index contributed by atoms with van der Waals surface area (Å²) in [6.45, 7) is 4.08. The summed E-state index contributed by atoms with van der Waals surface area (Å²) in [4.78, 5) is 50.5. The predicted molar refractivity (Wildman–Crippen MR) is 159 cm³/mol. The minimum Gasteiger partial charge on any atom is -1.00 e. The van der Waals surface area contributed by atoms with Gasteiger partial charge in [0.15, 0.2) is 0 Å². The molecule has 0 unspecified atom stereocenters. The molecule has 5 aromatic rings. The van der Waals surface area contributed by atoms with E-state index in [2.05, 4.69) is 41.2 Å². The van der Waals surface area contributed by atoms with E-state index in [1.807, 2.05) is 67.6 Å². The molecule has 224 valence electrons. The first kappa shape index (κ1) is 41.1. The number of benzene rings is 4. The normalized spacial score (nSPS) is 8.32. The molecular weight excluding hydrogens is 599 g/mol. The van der Waals surface area contributed by atoms with Crippen LogP contribution in [0.3, 0.4) is 0 Å². The summed E-state index contributed by atoms with van der Waals surface area (Å²) in [5.74, 6) is 0.932. The van der Waals surface area contributed by atoms with Crippen LogP contribution < -0.4 is 41.0 Å². The minimum atomic E-state index is -3.11. The zero-order chi connectivity index (χ0) is 32.6. The standard InChI is InChI=1S/C14H12N2.C8H8O.C6H8N2.2CO2.Na.O3S.H/c1-10-6-8-11(9-7-10)14-15-12-4-2-3-5-13(12)16-14;1-7-2-4-8(6-9)5-3-7;7-5-3-1-2-4-6(5)8;2*2-1-3;;1-4(2)3;/h2-9H,1H3,(H,15,16);2-6H,1H3;1-4H,7-8H2;;;;;/q;;;;;+1;;-1. The Hall–Kier alpha value is -5.00. The van der Waals surface area contributed by atoms with Gasteiger partial charge in [0, 0.05) is 11.1 Å². The van der Waals surface area contributed by atoms with Gasteiger partial charge in [0.05, 0.1) is 22.4 Å². The van der Waals surface area contributed by atoms with Crippen molar-refractivity contribution in [3.8, 4) is 11.4 Å². The molecule has 0 saturated heterocycles. The number of hydrogen-bond acceptors (Lipinski definition) is 11. The van der Waals surface area contributed by atoms with E-state index >= 15 is 0 Å². The molecule has 12 nitrogen and oxygen atoms in total. The summed E-state index contributed by atoms with van der Waals surface area (Å²) in [5, 5.41) is 0. The number of nitrogens with zero attached hydrogens (tertiary/aromatic N) is 1. The molecule has 0 spiro atoms. The zero-order valence-electron chi connectivity index (χ0n) is 25.1. The molecule has 0 radical (unpaired) electrons. The van der Waals surface area contributed by atoms with Crippen LogP contribution in [0.5, 0.6) is 0 Å². The van der Waals surface area contributed by atoms with Gasteiger partial charge in [-0.2, -0.15) is 19.2 Å². The van der Waals surface area contributed by atoms with Gasteiger partial charge in [0.2, 0.25) is 0 Å². The van der Waals surface area contributed by atoms with E-state index in [1.54, 1.807) is 12.1 Å². The number of carbonyl (C=O) groups is 1. The average Bonchev–Trinajstić information content (AvgIpc) is 3.41. The molecule has 14 heteroatoms. The van der Waals surface area contributed by atoms with Crippen molar-refractivity contribution in [3.05, 3.63) is 114 Å². The van der Waals surface area contributed by atoms with Gasteiger partial charge >= 0.3 is 52.5 Å². The summed E-state index contributed by atoms with van der Waals surface area (Å²) in [7, 11) is -3.11. The van der Waals surface area contributed by atoms with Crippen molar-refractivity contribution in [2.45, 2.75) is 13.8 Å². The Labute approximate surface area is 278 Å². The van der Waals surface area contributed by atoms with Gasteiger partial charge in [-0.3, -0.25) is 4.79 Å². The van der Waals surface area contributed by atoms with E-state index < -0.39 is 10.6 Å². The Bertz CT molecular complexity index is 1670. The molecule has 5 N–H and O–H groups in total. The summed E-state index contributed by atoms with van der Waals surface area (Å²) in [6, 6.07) is 31.2. The van der Waals surface area contributed by atoms with E-state index in [9.17, 15) is 4.79 Å². The minimum absolute atomic E-state index is 0. The number of aromatic nitrogens is 2. The van der Waals surface area contributed by atoms with E-state index in [0.717, 1.165) is 34.3 Å². The number of para-hydroxylation sites is 4. The van der Waals surface area contributed by atoms with Crippen molar-refractivity contribution >= 4 is 51.6 Å². The summed E-state index contributed by atoms with van der Waals surface area (Å²) >= 11 is 0. The molecule has 0 aliphatic heterocycles. The molecule has 0 saturated carbocycles. The fraction of sp³-hybridized carbons (Fsp3) is 0.0667. The molecule has 0 aliphatic carbocycles. The average molecular weight is 629 g/mol. The number of imidazole rings is 1. The maximum absolute atomic E-state index is 10.1. The van der Waals surface area contributed by atoms with Crippen LogP contribution in [0, 0.1) is 13.8 Å². The van der Waals surface area contributed by atoms with E-state index in [4.69, 9.17) is 43.3 Å². The van der Waals surface area contributed by atoms with Gasteiger partial charge in [-0.15, -0.1) is 12.6 Å². The molecule has 44 heavy (non-hydrogen) atoms. The number of nitrogens with two attached hydrogens (primary N) is 2. The number of nitrogens with one attached hydrogen (secondary N) is 1. The van der Waals surface area contributed by atoms with Crippen LogP contribution in [0.15, 0.2) is 97.1 Å². The molecule has 4 aromatic carbocycles. The zero-order valence-corrected chi connectivity index (χ0v) is 26.9. The maximum atomic E-state index is 10.1. The summed E-state index contributed by atoms with van der Waals surface area (Å²) < 4.78 is 25.3. The first-order valence-electron chi connectivity index (χ1n) is 11.9. The number of aromatic amines is 1. The van der Waals surface area contributed by atoms with Gasteiger partial charge < -0.3 is 17.9 Å². The largest absolute Gasteiger partial charge is 1.00 e. The monoisotopic (exact) mass is 628 g/mol. The Morgan fingerprint density at radius 1 is 0.705 bits per heavy atom. The maximum Gasteiger partial charge on any atom is 1.00 e. The quantitative estimate of drug-likeness (QED) is 0.143. The van der Waals surface area contributed by atoms with Crippen LogP contribution in [0.4, 0.5) is 11.4 Å². The van der Waals surface area contributed by atoms with Crippen LogP contribution in [0.2, 0.25) is 0 Å². The van der Waals surface area contributed by atoms with Gasteiger partial charge in [0.25, 0.3) is 0 Å². The van der Waals surface area contributed by atoms with Crippen molar-refractivity contribution in [1.29, 1.82) is 0 Å². The van der Waals surface area contributed by atoms with E-state index in [-0.39, 0.29) is 43.3 Å². The van der Waals surface area contributed by atoms with Crippen LogP contribution in [-0.4, -0.2) is 41.2 Å². The summed E-state index contributed by atoms with van der Waals surface area (Å²) in [5.41, 5.74) is 18.5. The number of fused-ring (bicyclic) bond motifs is 1. The second-order valence-corrected chi connectivity index (χ2v) is 8.41. The number of aryl methyl sites for hydroxylation is 2.